The van der Waals surface area contributed by atoms with E-state index in [9.17, 15) is 14.9 Å². The third-order valence-electron chi connectivity index (χ3n) is 4.79. The van der Waals surface area contributed by atoms with E-state index in [4.69, 9.17) is 0 Å². The van der Waals surface area contributed by atoms with Gasteiger partial charge in [-0.1, -0.05) is 12.1 Å². The minimum absolute atomic E-state index is 0.0227. The maximum Gasteiger partial charge on any atom is 0.312 e. The second kappa shape index (κ2) is 8.26. The van der Waals surface area contributed by atoms with Crippen LogP contribution in [-0.2, 0) is 13.1 Å². The summed E-state index contributed by atoms with van der Waals surface area (Å²) >= 11 is 0. The number of carbonyl (C=O) groups is 1. The van der Waals surface area contributed by atoms with Crippen LogP contribution in [0.25, 0.3) is 0 Å². The molecule has 2 aromatic heterocycles. The SMILES string of the molecule is Cc1cc(C)n(Cc2ccc(C(=O)NCCn3nc(C)c([N+](=O)[O-])c3C)cc2)n1. The third-order valence-corrected chi connectivity index (χ3v) is 4.79. The van der Waals surface area contributed by atoms with Crippen LogP contribution in [-0.4, -0.2) is 36.9 Å². The summed E-state index contributed by atoms with van der Waals surface area (Å²) in [5.74, 6) is -0.196. The lowest BCUT2D eigenvalue weighted by Crippen LogP contribution is -2.27. The number of hydrogen-bond acceptors (Lipinski definition) is 5. The molecular weight excluding hydrogens is 372 g/mol. The summed E-state index contributed by atoms with van der Waals surface area (Å²) in [6.07, 6.45) is 0. The van der Waals surface area contributed by atoms with Crippen molar-refractivity contribution in [3.8, 4) is 0 Å². The molecule has 0 aliphatic carbocycles. The van der Waals surface area contributed by atoms with Gasteiger partial charge in [0.05, 0.1) is 23.7 Å². The van der Waals surface area contributed by atoms with Gasteiger partial charge in [0, 0.05) is 17.8 Å². The molecule has 0 fully saturated rings. The maximum absolute atomic E-state index is 12.4. The number of nitrogens with one attached hydrogen (secondary N) is 1. The van der Waals surface area contributed by atoms with E-state index in [2.05, 4.69) is 15.5 Å². The van der Waals surface area contributed by atoms with E-state index in [0.717, 1.165) is 17.0 Å². The van der Waals surface area contributed by atoms with E-state index in [-0.39, 0.29) is 11.6 Å². The van der Waals surface area contributed by atoms with Gasteiger partial charge in [-0.2, -0.15) is 10.2 Å². The lowest BCUT2D eigenvalue weighted by Gasteiger charge is -2.08. The van der Waals surface area contributed by atoms with Gasteiger partial charge < -0.3 is 5.32 Å². The number of rotatable bonds is 7. The Morgan fingerprint density at radius 3 is 2.34 bits per heavy atom. The van der Waals surface area contributed by atoms with Crippen molar-refractivity contribution in [3.05, 3.63) is 74.3 Å². The van der Waals surface area contributed by atoms with Gasteiger partial charge in [-0.3, -0.25) is 24.3 Å². The average molecular weight is 396 g/mol. The number of nitrogens with zero attached hydrogens (tertiary/aromatic N) is 5. The van der Waals surface area contributed by atoms with Crippen LogP contribution in [0.5, 0.6) is 0 Å². The molecule has 0 spiro atoms. The summed E-state index contributed by atoms with van der Waals surface area (Å²) in [5, 5.41) is 22.5. The first-order chi connectivity index (χ1) is 13.8. The number of benzene rings is 1. The Balaban J connectivity index is 1.57. The monoisotopic (exact) mass is 396 g/mol. The standard InChI is InChI=1S/C20H24N6O3/c1-13-11-14(2)25(22-13)12-17-5-7-18(8-6-17)20(27)21-9-10-24-16(4)19(26(28)29)15(3)23-24/h5-8,11H,9-10,12H2,1-4H3,(H,21,27). The second-order valence-corrected chi connectivity index (χ2v) is 7.04. The molecule has 3 aromatic rings. The highest BCUT2D eigenvalue weighted by molar-refractivity contribution is 5.94. The van der Waals surface area contributed by atoms with Gasteiger partial charge in [0.15, 0.2) is 0 Å². The van der Waals surface area contributed by atoms with Crippen molar-refractivity contribution in [2.45, 2.75) is 40.8 Å². The first-order valence-electron chi connectivity index (χ1n) is 9.33. The normalized spacial score (nSPS) is 10.9. The predicted molar refractivity (Wildman–Crippen MR) is 108 cm³/mol. The smallest absolute Gasteiger partial charge is 0.312 e. The molecule has 29 heavy (non-hydrogen) atoms. The number of amides is 1. The fraction of sp³-hybridized carbons (Fsp3) is 0.350. The fourth-order valence-electron chi connectivity index (χ4n) is 3.32. The summed E-state index contributed by atoms with van der Waals surface area (Å²) in [6.45, 7) is 8.57. The molecule has 3 rings (SSSR count). The molecule has 0 saturated carbocycles. The topological polar surface area (TPSA) is 108 Å². The van der Waals surface area contributed by atoms with Gasteiger partial charge in [-0.15, -0.1) is 0 Å². The lowest BCUT2D eigenvalue weighted by atomic mass is 10.1. The summed E-state index contributed by atoms with van der Waals surface area (Å²) in [7, 11) is 0. The van der Waals surface area contributed by atoms with E-state index in [1.165, 1.54) is 0 Å². The summed E-state index contributed by atoms with van der Waals surface area (Å²) in [5.41, 5.74) is 4.56. The largest absolute Gasteiger partial charge is 0.350 e. The summed E-state index contributed by atoms with van der Waals surface area (Å²) < 4.78 is 3.48. The first-order valence-corrected chi connectivity index (χ1v) is 9.33. The average Bonchev–Trinajstić information content (AvgIpc) is 3.12. The van der Waals surface area contributed by atoms with Crippen LogP contribution >= 0.6 is 0 Å². The van der Waals surface area contributed by atoms with Crippen molar-refractivity contribution in [2.75, 3.05) is 6.54 Å². The number of hydrogen-bond donors (Lipinski definition) is 1. The second-order valence-electron chi connectivity index (χ2n) is 7.04. The van der Waals surface area contributed by atoms with Gasteiger partial charge in [-0.25, -0.2) is 0 Å². The molecule has 0 radical (unpaired) electrons. The van der Waals surface area contributed by atoms with Gasteiger partial charge in [0.1, 0.15) is 11.4 Å². The van der Waals surface area contributed by atoms with E-state index in [1.807, 2.05) is 36.7 Å². The summed E-state index contributed by atoms with van der Waals surface area (Å²) in [6, 6.07) is 9.42. The van der Waals surface area contributed by atoms with E-state index in [1.54, 1.807) is 30.7 Å². The van der Waals surface area contributed by atoms with Crippen LogP contribution in [0.1, 0.15) is 38.7 Å². The van der Waals surface area contributed by atoms with Crippen molar-refractivity contribution < 1.29 is 9.72 Å². The Morgan fingerprint density at radius 1 is 1.10 bits per heavy atom. The Labute approximate surface area is 168 Å². The van der Waals surface area contributed by atoms with Gasteiger partial charge in [-0.05, 0) is 51.5 Å². The lowest BCUT2D eigenvalue weighted by molar-refractivity contribution is -0.386. The maximum atomic E-state index is 12.4. The fourth-order valence-corrected chi connectivity index (χ4v) is 3.32. The third kappa shape index (κ3) is 4.50. The highest BCUT2D eigenvalue weighted by atomic mass is 16.6. The van der Waals surface area contributed by atoms with Crippen LogP contribution in [0, 0.1) is 37.8 Å². The molecule has 0 aliphatic heterocycles. The Kier molecular flexibility index (Phi) is 5.76. The molecule has 0 unspecified atom stereocenters. The predicted octanol–water partition coefficient (Wildman–Crippen LogP) is 2.70. The van der Waals surface area contributed by atoms with Crippen LogP contribution in [0.15, 0.2) is 30.3 Å². The summed E-state index contributed by atoms with van der Waals surface area (Å²) in [4.78, 5) is 23.0. The molecule has 2 heterocycles. The molecular formula is C20H24N6O3. The minimum atomic E-state index is -0.430. The molecule has 1 N–H and O–H groups in total. The van der Waals surface area contributed by atoms with Crippen molar-refractivity contribution >= 4 is 11.6 Å². The highest BCUT2D eigenvalue weighted by Crippen LogP contribution is 2.21. The molecule has 0 atom stereocenters. The quantitative estimate of drug-likeness (QED) is 0.488. The zero-order valence-electron chi connectivity index (χ0n) is 17.0. The van der Waals surface area contributed by atoms with Crippen LogP contribution in [0.2, 0.25) is 0 Å². The molecule has 0 bridgehead atoms. The molecule has 9 heteroatoms. The molecule has 0 saturated heterocycles. The number of nitro groups is 1. The highest BCUT2D eigenvalue weighted by Gasteiger charge is 2.21. The van der Waals surface area contributed by atoms with E-state index < -0.39 is 4.92 Å². The Bertz CT molecular complexity index is 1050. The van der Waals surface area contributed by atoms with Crippen LogP contribution in [0.3, 0.4) is 0 Å². The number of carbonyl (C=O) groups excluding carboxylic acids is 1. The van der Waals surface area contributed by atoms with Crippen molar-refractivity contribution in [1.29, 1.82) is 0 Å². The molecule has 0 aliphatic rings. The Morgan fingerprint density at radius 2 is 1.79 bits per heavy atom. The molecule has 152 valence electrons. The number of aryl methyl sites for hydroxylation is 3. The number of aromatic nitrogens is 4. The first kappa shape index (κ1) is 20.2. The van der Waals surface area contributed by atoms with Gasteiger partial charge in [0.2, 0.25) is 0 Å². The van der Waals surface area contributed by atoms with Crippen molar-refractivity contribution in [3.63, 3.8) is 0 Å². The molecule has 1 amide bonds. The van der Waals surface area contributed by atoms with E-state index >= 15 is 0 Å². The van der Waals surface area contributed by atoms with Crippen molar-refractivity contribution in [1.82, 2.24) is 24.9 Å². The Hall–Kier alpha value is -3.49. The zero-order valence-corrected chi connectivity index (χ0v) is 17.0. The van der Waals surface area contributed by atoms with Crippen molar-refractivity contribution in [2.24, 2.45) is 0 Å². The van der Waals surface area contributed by atoms with Crippen LogP contribution in [0.4, 0.5) is 5.69 Å². The zero-order chi connectivity index (χ0) is 21.1. The van der Waals surface area contributed by atoms with E-state index in [0.29, 0.717) is 36.6 Å². The minimum Gasteiger partial charge on any atom is -0.350 e. The molecule has 1 aromatic carbocycles. The van der Waals surface area contributed by atoms with Crippen LogP contribution < -0.4 is 5.32 Å². The van der Waals surface area contributed by atoms with Gasteiger partial charge >= 0.3 is 5.69 Å². The van der Waals surface area contributed by atoms with Gasteiger partial charge in [0.25, 0.3) is 5.91 Å². The molecule has 9 nitrogen and oxygen atoms in total.